The molecule has 0 heterocycles. The Labute approximate surface area is 113 Å². The van der Waals surface area contributed by atoms with Crippen molar-refractivity contribution < 1.29 is 17.7 Å². The van der Waals surface area contributed by atoms with Gasteiger partial charge in [-0.15, -0.1) is 5.46 Å². The molecular weight excluding hydrogens is 252 g/mol. The average molecular weight is 273 g/mol. The van der Waals surface area contributed by atoms with Crippen molar-refractivity contribution in [1.82, 2.24) is 0 Å². The van der Waals surface area contributed by atoms with Crippen molar-refractivity contribution in [3.05, 3.63) is 24.3 Å². The Morgan fingerprint density at radius 1 is 1.11 bits per heavy atom. The normalized spacial score (nSPS) is 13.3. The van der Waals surface area contributed by atoms with Crippen LogP contribution in [-0.4, -0.2) is 13.6 Å². The summed E-state index contributed by atoms with van der Waals surface area (Å²) < 4.78 is 42.9. The molecule has 0 aliphatic carbocycles. The SMILES string of the molecule is CCCCC(CC)COc1ccc([B-](F)(F)F)cc1. The molecule has 0 radical (unpaired) electrons. The van der Waals surface area contributed by atoms with Crippen LogP contribution < -0.4 is 10.2 Å². The van der Waals surface area contributed by atoms with Crippen LogP contribution in [0.2, 0.25) is 0 Å². The van der Waals surface area contributed by atoms with Gasteiger partial charge in [-0.05, 0) is 24.5 Å². The molecule has 0 N–H and O–H groups in total. The van der Waals surface area contributed by atoms with E-state index in [0.29, 0.717) is 18.3 Å². The Bertz CT molecular complexity index is 362. The first kappa shape index (κ1) is 15.9. The number of halogens is 3. The molecular formula is C14H21BF3O-. The molecule has 19 heavy (non-hydrogen) atoms. The molecule has 0 fully saturated rings. The summed E-state index contributed by atoms with van der Waals surface area (Å²) in [4.78, 5) is 0. The lowest BCUT2D eigenvalue weighted by molar-refractivity contribution is 0.233. The van der Waals surface area contributed by atoms with Crippen LogP contribution in [0, 0.1) is 5.92 Å². The number of ether oxygens (including phenoxy) is 1. The molecule has 1 aromatic rings. The first-order valence-corrected chi connectivity index (χ1v) is 6.90. The summed E-state index contributed by atoms with van der Waals surface area (Å²) in [6.45, 7) is -0.0833. The fraction of sp³-hybridized carbons (Fsp3) is 0.571. The quantitative estimate of drug-likeness (QED) is 0.640. The average Bonchev–Trinajstić information content (AvgIpc) is 2.38. The lowest BCUT2D eigenvalue weighted by Gasteiger charge is -2.17. The molecule has 0 aliphatic heterocycles. The van der Waals surface area contributed by atoms with E-state index in [9.17, 15) is 12.9 Å². The Morgan fingerprint density at radius 3 is 2.21 bits per heavy atom. The van der Waals surface area contributed by atoms with Gasteiger partial charge in [-0.3, -0.25) is 0 Å². The number of unbranched alkanes of at least 4 members (excludes halogenated alkanes) is 1. The summed E-state index contributed by atoms with van der Waals surface area (Å²) in [6, 6.07) is 4.97. The van der Waals surface area contributed by atoms with E-state index in [0.717, 1.165) is 37.8 Å². The van der Waals surface area contributed by atoms with Crippen LogP contribution in [0.4, 0.5) is 12.9 Å². The van der Waals surface area contributed by atoms with Crippen LogP contribution in [0.3, 0.4) is 0 Å². The van der Waals surface area contributed by atoms with Crippen molar-refractivity contribution in [2.75, 3.05) is 6.61 Å². The molecule has 1 aromatic carbocycles. The van der Waals surface area contributed by atoms with Crippen molar-refractivity contribution in [1.29, 1.82) is 0 Å². The van der Waals surface area contributed by atoms with Gasteiger partial charge in [0.25, 0.3) is 0 Å². The van der Waals surface area contributed by atoms with Crippen molar-refractivity contribution >= 4 is 12.4 Å². The molecule has 0 amide bonds. The Kier molecular flexibility index (Phi) is 6.26. The van der Waals surface area contributed by atoms with Crippen LogP contribution >= 0.6 is 0 Å². The van der Waals surface area contributed by atoms with E-state index in [1.54, 1.807) is 0 Å². The third kappa shape index (κ3) is 5.58. The highest BCUT2D eigenvalue weighted by molar-refractivity contribution is 6.73. The summed E-state index contributed by atoms with van der Waals surface area (Å²) in [6.07, 6.45) is 4.46. The van der Waals surface area contributed by atoms with E-state index in [-0.39, 0.29) is 0 Å². The third-order valence-corrected chi connectivity index (χ3v) is 3.29. The molecule has 108 valence electrons. The first-order valence-electron chi connectivity index (χ1n) is 6.90. The van der Waals surface area contributed by atoms with Crippen molar-refractivity contribution in [2.45, 2.75) is 39.5 Å². The number of benzene rings is 1. The lowest BCUT2D eigenvalue weighted by Crippen LogP contribution is -2.33. The number of hydrogen-bond donors (Lipinski definition) is 0. The van der Waals surface area contributed by atoms with Crippen molar-refractivity contribution in [2.24, 2.45) is 5.92 Å². The largest absolute Gasteiger partial charge is 0.509 e. The maximum atomic E-state index is 12.4. The molecule has 0 aliphatic rings. The van der Waals surface area contributed by atoms with Gasteiger partial charge in [-0.1, -0.05) is 45.2 Å². The Hall–Kier alpha value is -1.13. The molecule has 0 aromatic heterocycles. The van der Waals surface area contributed by atoms with Crippen molar-refractivity contribution in [3.63, 3.8) is 0 Å². The predicted octanol–water partition coefficient (Wildman–Crippen LogP) is 4.34. The first-order chi connectivity index (χ1) is 8.97. The van der Waals surface area contributed by atoms with Gasteiger partial charge < -0.3 is 17.7 Å². The molecule has 1 unspecified atom stereocenters. The molecule has 1 rings (SSSR count). The van der Waals surface area contributed by atoms with Gasteiger partial charge in [-0.2, -0.15) is 0 Å². The number of rotatable bonds is 8. The van der Waals surface area contributed by atoms with E-state index in [1.165, 1.54) is 12.1 Å². The summed E-state index contributed by atoms with van der Waals surface area (Å²) in [7, 11) is 0. The highest BCUT2D eigenvalue weighted by atomic mass is 19.4. The monoisotopic (exact) mass is 273 g/mol. The zero-order valence-electron chi connectivity index (χ0n) is 11.5. The second-order valence-electron chi connectivity index (χ2n) is 4.87. The fourth-order valence-corrected chi connectivity index (χ4v) is 1.89. The minimum absolute atomic E-state index is 0.478. The molecule has 5 heteroatoms. The van der Waals surface area contributed by atoms with E-state index in [2.05, 4.69) is 13.8 Å². The van der Waals surface area contributed by atoms with E-state index in [4.69, 9.17) is 4.74 Å². The highest BCUT2D eigenvalue weighted by Gasteiger charge is 2.24. The van der Waals surface area contributed by atoms with Gasteiger partial charge in [0.2, 0.25) is 0 Å². The maximum absolute atomic E-state index is 12.4. The van der Waals surface area contributed by atoms with Crippen molar-refractivity contribution in [3.8, 4) is 5.75 Å². The Balaban J connectivity index is 2.49. The lowest BCUT2D eigenvalue weighted by atomic mass is 9.80. The van der Waals surface area contributed by atoms with Crippen LogP contribution in [0.1, 0.15) is 39.5 Å². The van der Waals surface area contributed by atoms with E-state index in [1.807, 2.05) is 0 Å². The molecule has 1 atom stereocenters. The molecule has 0 saturated heterocycles. The second kappa shape index (κ2) is 7.46. The topological polar surface area (TPSA) is 9.23 Å². The summed E-state index contributed by atoms with van der Waals surface area (Å²) >= 11 is 0. The predicted molar refractivity (Wildman–Crippen MR) is 74.0 cm³/mol. The van der Waals surface area contributed by atoms with E-state index >= 15 is 0 Å². The molecule has 0 bridgehead atoms. The number of hydrogen-bond acceptors (Lipinski definition) is 1. The summed E-state index contributed by atoms with van der Waals surface area (Å²) in [5.74, 6) is 0.991. The zero-order chi connectivity index (χ0) is 14.3. The molecule has 0 spiro atoms. The zero-order valence-corrected chi connectivity index (χ0v) is 11.5. The smallest absolute Gasteiger partial charge is 0.493 e. The summed E-state index contributed by atoms with van der Waals surface area (Å²) in [5.41, 5.74) is -0.578. The second-order valence-corrected chi connectivity index (χ2v) is 4.87. The summed E-state index contributed by atoms with van der Waals surface area (Å²) in [5, 5.41) is 0. The van der Waals surface area contributed by atoms with Gasteiger partial charge in [-0.25, -0.2) is 0 Å². The molecule has 1 nitrogen and oxygen atoms in total. The standard InChI is InChI=1S/C14H21BF3O/c1-3-5-6-12(4-2)11-19-14-9-7-13(8-10-14)15(16,17)18/h7-10,12H,3-6,11H2,1-2H3/q-1. The Morgan fingerprint density at radius 2 is 1.74 bits per heavy atom. The van der Waals surface area contributed by atoms with Gasteiger partial charge in [0.05, 0.1) is 6.61 Å². The van der Waals surface area contributed by atoms with Gasteiger partial charge in [0, 0.05) is 0 Å². The van der Waals surface area contributed by atoms with Crippen LogP contribution in [0.15, 0.2) is 24.3 Å². The highest BCUT2D eigenvalue weighted by Crippen LogP contribution is 2.17. The minimum atomic E-state index is -4.91. The van der Waals surface area contributed by atoms with E-state index < -0.39 is 12.4 Å². The van der Waals surface area contributed by atoms with Gasteiger partial charge in [0.1, 0.15) is 5.75 Å². The fourth-order valence-electron chi connectivity index (χ4n) is 1.89. The molecule has 0 saturated carbocycles. The van der Waals surface area contributed by atoms with Crippen LogP contribution in [-0.2, 0) is 0 Å². The minimum Gasteiger partial charge on any atom is -0.493 e. The van der Waals surface area contributed by atoms with Gasteiger partial charge in [0.15, 0.2) is 0 Å². The van der Waals surface area contributed by atoms with Crippen LogP contribution in [0.25, 0.3) is 0 Å². The third-order valence-electron chi connectivity index (χ3n) is 3.29. The van der Waals surface area contributed by atoms with Gasteiger partial charge >= 0.3 is 6.98 Å². The van der Waals surface area contributed by atoms with Crippen LogP contribution in [0.5, 0.6) is 5.75 Å². The maximum Gasteiger partial charge on any atom is 0.509 e.